The predicted octanol–water partition coefficient (Wildman–Crippen LogP) is 2.13. The molecule has 1 atom stereocenters. The largest absolute Gasteiger partial charge is 0.399 e. The van der Waals surface area contributed by atoms with Crippen molar-refractivity contribution >= 4 is 22.0 Å². The van der Waals surface area contributed by atoms with Crippen LogP contribution in [0, 0.1) is 0 Å². The van der Waals surface area contributed by atoms with E-state index in [9.17, 15) is 13.6 Å². The molecular weight excluding hydrogens is 390 g/mol. The Labute approximate surface area is 169 Å². The molecule has 0 saturated heterocycles. The molecule has 9 heteroatoms. The summed E-state index contributed by atoms with van der Waals surface area (Å²) in [5.74, 6) is -0.588. The summed E-state index contributed by atoms with van der Waals surface area (Å²) in [4.78, 5) is 12.3. The molecule has 1 unspecified atom stereocenters. The zero-order chi connectivity index (χ0) is 20.9. The monoisotopic (exact) mass is 412 g/mol. The van der Waals surface area contributed by atoms with Crippen molar-refractivity contribution in [1.29, 1.82) is 0 Å². The predicted molar refractivity (Wildman–Crippen MR) is 112 cm³/mol. The maximum absolute atomic E-state index is 12.4. The normalized spacial score (nSPS) is 14.9. The highest BCUT2D eigenvalue weighted by Gasteiger charge is 2.33. The van der Waals surface area contributed by atoms with E-state index in [0.29, 0.717) is 17.8 Å². The van der Waals surface area contributed by atoms with Crippen molar-refractivity contribution < 1.29 is 13.6 Å². The lowest BCUT2D eigenvalue weighted by atomic mass is 9.88. The van der Waals surface area contributed by atoms with Crippen LogP contribution >= 0.6 is 0 Å². The third kappa shape index (κ3) is 3.13. The molecule has 0 fully saturated rings. The summed E-state index contributed by atoms with van der Waals surface area (Å²) in [6.07, 6.45) is 1.41. The van der Waals surface area contributed by atoms with Gasteiger partial charge in [0.25, 0.3) is 5.91 Å². The molecule has 2 aromatic carbocycles. The number of nitrogen functional groups attached to an aromatic ring is 1. The topological polar surface area (TPSA) is 127 Å². The van der Waals surface area contributed by atoms with Crippen LogP contribution in [0.5, 0.6) is 0 Å². The van der Waals surface area contributed by atoms with Gasteiger partial charge in [0.15, 0.2) is 5.69 Å². The summed E-state index contributed by atoms with van der Waals surface area (Å²) in [6.45, 7) is 0. The molecule has 1 aliphatic carbocycles. The van der Waals surface area contributed by atoms with Crippen LogP contribution in [-0.2, 0) is 27.5 Å². The zero-order valence-electron chi connectivity index (χ0n) is 16.1. The number of rotatable bonds is 4. The van der Waals surface area contributed by atoms with Gasteiger partial charge in [-0.25, -0.2) is 4.68 Å². The van der Waals surface area contributed by atoms with Gasteiger partial charge in [-0.05, 0) is 46.9 Å². The summed E-state index contributed by atoms with van der Waals surface area (Å²) in [5, 5.41) is 4.47. The first-order valence-corrected chi connectivity index (χ1v) is 10.5. The number of carbonyl (C=O) groups is 1. The molecule has 0 spiro atoms. The molecule has 3 aromatic rings. The number of anilines is 1. The molecule has 0 aliphatic heterocycles. The minimum atomic E-state index is -3.29. The van der Waals surface area contributed by atoms with Crippen LogP contribution in [-0.4, -0.2) is 38.6 Å². The second kappa shape index (κ2) is 6.80. The van der Waals surface area contributed by atoms with Gasteiger partial charge in [0.05, 0.1) is 11.4 Å². The minimum Gasteiger partial charge on any atom is -0.399 e. The lowest BCUT2D eigenvalue weighted by Crippen LogP contribution is -2.28. The van der Waals surface area contributed by atoms with Gasteiger partial charge in [0, 0.05) is 43.0 Å². The number of hydrogen-bond acceptors (Lipinski definition) is 4. The van der Waals surface area contributed by atoms with E-state index in [1.165, 1.54) is 4.31 Å². The summed E-state index contributed by atoms with van der Waals surface area (Å²) >= 11 is 0. The van der Waals surface area contributed by atoms with Crippen LogP contribution in [0.15, 0.2) is 47.4 Å². The number of nitrogens with two attached hydrogens (primary N) is 2. The number of aryl methyl sites for hydroxylation is 1. The van der Waals surface area contributed by atoms with Crippen molar-refractivity contribution in [3.63, 3.8) is 0 Å². The molecule has 8 nitrogen and oxygen atoms in total. The Hall–Kier alpha value is -3.01. The van der Waals surface area contributed by atoms with Crippen molar-refractivity contribution in [2.24, 2.45) is 5.73 Å². The number of nitrogens with zero attached hydrogens (tertiary/aromatic N) is 3. The van der Waals surface area contributed by atoms with E-state index in [4.69, 9.17) is 11.5 Å². The quantitative estimate of drug-likeness (QED) is 0.447. The van der Waals surface area contributed by atoms with Crippen LogP contribution in [0.3, 0.4) is 0 Å². The summed E-state index contributed by atoms with van der Waals surface area (Å²) in [7, 11) is -0.208. The first-order valence-electron chi connectivity index (χ1n) is 9.05. The Morgan fingerprint density at radius 1 is 1.17 bits per heavy atom. The lowest BCUT2D eigenvalue weighted by Gasteiger charge is -2.19. The standard InChI is InChI=1S/C20H21N5O3S/c1-24(2)29(27,28)15-8-6-14(7-9-15)25-19-16(18(23-25)20(22)26)10-4-12-3-5-13(21)11-17(12)19/h3,5-9,11H,4,10,21H2,1-2H3,(H2-,22,26,27,28)/p+1. The molecule has 1 heterocycles. The van der Waals surface area contributed by atoms with E-state index in [2.05, 4.69) is 5.10 Å². The highest BCUT2D eigenvalue weighted by Crippen LogP contribution is 2.38. The van der Waals surface area contributed by atoms with E-state index in [0.717, 1.165) is 28.8 Å². The molecule has 1 amide bonds. The number of amides is 1. The average Bonchev–Trinajstić information content (AvgIpc) is 3.08. The summed E-state index contributed by atoms with van der Waals surface area (Å²) in [6, 6.07) is 12.3. The van der Waals surface area contributed by atoms with E-state index in [1.54, 1.807) is 43.0 Å². The van der Waals surface area contributed by atoms with Gasteiger partial charge < -0.3 is 11.5 Å². The Morgan fingerprint density at radius 3 is 2.48 bits per heavy atom. The van der Waals surface area contributed by atoms with E-state index >= 15 is 0 Å². The van der Waals surface area contributed by atoms with Crippen molar-refractivity contribution in [3.05, 3.63) is 59.3 Å². The van der Waals surface area contributed by atoms with Gasteiger partial charge in [0.2, 0.25) is 4.90 Å². The third-order valence-corrected chi connectivity index (χ3v) is 7.01. The highest BCUT2D eigenvalue weighted by atomic mass is 32.3. The second-order valence-corrected chi connectivity index (χ2v) is 9.37. The molecule has 4 rings (SSSR count). The van der Waals surface area contributed by atoms with Gasteiger partial charge in [-0.15, -0.1) is 0 Å². The number of benzene rings is 2. The summed E-state index contributed by atoms with van der Waals surface area (Å²) in [5.41, 5.74) is 16.7. The van der Waals surface area contributed by atoms with Crippen LogP contribution in [0.4, 0.5) is 5.69 Å². The Kier molecular flexibility index (Phi) is 4.53. The third-order valence-electron chi connectivity index (χ3n) is 5.13. The molecule has 150 valence electrons. The molecular formula is C20H22N5O3S+. The van der Waals surface area contributed by atoms with E-state index in [-0.39, 0.29) is 10.6 Å². The molecule has 1 aliphatic rings. The van der Waals surface area contributed by atoms with Crippen molar-refractivity contribution in [2.75, 3.05) is 19.8 Å². The molecule has 5 N–H and O–H groups in total. The highest BCUT2D eigenvalue weighted by molar-refractivity contribution is 7.95. The van der Waals surface area contributed by atoms with Gasteiger partial charge in [-0.1, -0.05) is 10.4 Å². The number of aromatic nitrogens is 2. The number of fused-ring (bicyclic) bond motifs is 3. The van der Waals surface area contributed by atoms with Crippen LogP contribution < -0.4 is 11.5 Å². The average molecular weight is 412 g/mol. The van der Waals surface area contributed by atoms with Crippen LogP contribution in [0.25, 0.3) is 16.9 Å². The number of carbonyl (C=O) groups excluding carboxylic acids is 1. The molecule has 0 saturated carbocycles. The van der Waals surface area contributed by atoms with Crippen LogP contribution in [0.2, 0.25) is 0 Å². The smallest absolute Gasteiger partial charge is 0.325 e. The SMILES string of the molecule is CN(C)[S+](=O)(O)c1ccc(-n2nc(C(N)=O)c3c2-c2cc(N)ccc2CC3)cc1. The maximum Gasteiger partial charge on any atom is 0.325 e. The van der Waals surface area contributed by atoms with Gasteiger partial charge in [0.1, 0.15) is 0 Å². The Morgan fingerprint density at radius 2 is 1.86 bits per heavy atom. The number of hydrogen-bond donors (Lipinski definition) is 3. The van der Waals surface area contributed by atoms with Crippen molar-refractivity contribution in [2.45, 2.75) is 17.7 Å². The van der Waals surface area contributed by atoms with Crippen molar-refractivity contribution in [3.8, 4) is 16.9 Å². The van der Waals surface area contributed by atoms with Gasteiger partial charge in [-0.2, -0.15) is 9.65 Å². The van der Waals surface area contributed by atoms with E-state index in [1.807, 2.05) is 18.2 Å². The van der Waals surface area contributed by atoms with Crippen molar-refractivity contribution in [1.82, 2.24) is 14.1 Å². The fourth-order valence-electron chi connectivity index (χ4n) is 3.62. The fourth-order valence-corrected chi connectivity index (χ4v) is 4.53. The summed E-state index contributed by atoms with van der Waals surface area (Å²) < 4.78 is 25.6. The second-order valence-electron chi connectivity index (χ2n) is 7.17. The van der Waals surface area contributed by atoms with E-state index < -0.39 is 16.3 Å². The zero-order valence-corrected chi connectivity index (χ0v) is 16.9. The number of primary amides is 1. The molecule has 1 aromatic heterocycles. The molecule has 0 radical (unpaired) electrons. The lowest BCUT2D eigenvalue weighted by molar-refractivity contribution is 0.0994. The molecule has 29 heavy (non-hydrogen) atoms. The molecule has 0 bridgehead atoms. The fraction of sp³-hybridized carbons (Fsp3) is 0.200. The Bertz CT molecular complexity index is 1170. The minimum absolute atomic E-state index is 0.233. The maximum atomic E-state index is 12.4. The Balaban J connectivity index is 1.90. The first-order chi connectivity index (χ1) is 13.7. The van der Waals surface area contributed by atoms with Crippen LogP contribution in [0.1, 0.15) is 21.6 Å². The van der Waals surface area contributed by atoms with Gasteiger partial charge in [-0.3, -0.25) is 4.79 Å². The van der Waals surface area contributed by atoms with Gasteiger partial charge >= 0.3 is 10.4 Å². The first kappa shape index (κ1) is 19.3.